The molecular formula is C15H18N2OS. The molecular weight excluding hydrogens is 256 g/mol. The fraction of sp³-hybridized carbons (Fsp3) is 0.267. The van der Waals surface area contributed by atoms with E-state index in [1.165, 1.54) is 0 Å². The molecule has 1 aromatic heterocycles. The minimum Gasteiger partial charge on any atom is -0.324 e. The average Bonchev–Trinajstić information content (AvgIpc) is 2.93. The molecule has 0 aliphatic heterocycles. The van der Waals surface area contributed by atoms with Gasteiger partial charge in [0, 0.05) is 16.1 Å². The van der Waals surface area contributed by atoms with Crippen LogP contribution in [-0.2, 0) is 4.79 Å². The number of benzene rings is 1. The second-order valence-corrected chi connectivity index (χ2v) is 5.35. The first-order valence-corrected chi connectivity index (χ1v) is 7.29. The summed E-state index contributed by atoms with van der Waals surface area (Å²) in [4.78, 5) is 13.1. The minimum atomic E-state index is -0.443. The Morgan fingerprint density at radius 1 is 1.32 bits per heavy atom. The summed E-state index contributed by atoms with van der Waals surface area (Å²) >= 11 is 1.65. The van der Waals surface area contributed by atoms with Gasteiger partial charge in [-0.15, -0.1) is 11.3 Å². The molecule has 0 saturated carbocycles. The highest BCUT2D eigenvalue weighted by Crippen LogP contribution is 2.31. The largest absolute Gasteiger partial charge is 0.324 e. The maximum absolute atomic E-state index is 12.0. The molecule has 0 aliphatic carbocycles. The Balaban J connectivity index is 2.19. The van der Waals surface area contributed by atoms with Crippen molar-refractivity contribution in [1.29, 1.82) is 0 Å². The number of rotatable bonds is 5. The van der Waals surface area contributed by atoms with Gasteiger partial charge in [-0.1, -0.05) is 37.6 Å². The topological polar surface area (TPSA) is 55.1 Å². The summed E-state index contributed by atoms with van der Waals surface area (Å²) in [7, 11) is 0. The van der Waals surface area contributed by atoms with Crippen LogP contribution in [-0.4, -0.2) is 11.9 Å². The zero-order valence-corrected chi connectivity index (χ0v) is 11.7. The Labute approximate surface area is 117 Å². The smallest absolute Gasteiger partial charge is 0.241 e. The second-order valence-electron chi connectivity index (χ2n) is 4.41. The molecule has 1 aromatic carbocycles. The van der Waals surface area contributed by atoms with Crippen LogP contribution in [0.5, 0.6) is 0 Å². The number of nitrogens with two attached hydrogens (primary N) is 1. The fourth-order valence-electron chi connectivity index (χ4n) is 1.91. The third-order valence-electron chi connectivity index (χ3n) is 2.91. The maximum Gasteiger partial charge on any atom is 0.241 e. The SMILES string of the molecule is CCCC(N)C(=O)Nc1ccccc1-c1cccs1. The Morgan fingerprint density at radius 2 is 2.11 bits per heavy atom. The average molecular weight is 274 g/mol. The van der Waals surface area contributed by atoms with Gasteiger partial charge in [0.15, 0.2) is 0 Å². The number of hydrogen-bond donors (Lipinski definition) is 2. The maximum atomic E-state index is 12.0. The van der Waals surface area contributed by atoms with Crippen LogP contribution in [0.3, 0.4) is 0 Å². The number of carbonyl (C=O) groups is 1. The summed E-state index contributed by atoms with van der Waals surface area (Å²) in [5, 5.41) is 4.95. The molecule has 1 unspecified atom stereocenters. The summed E-state index contributed by atoms with van der Waals surface area (Å²) in [6, 6.07) is 11.4. The summed E-state index contributed by atoms with van der Waals surface area (Å²) < 4.78 is 0. The van der Waals surface area contributed by atoms with E-state index in [4.69, 9.17) is 5.73 Å². The molecule has 1 atom stereocenters. The molecule has 1 amide bonds. The number of thiophene rings is 1. The van der Waals surface area contributed by atoms with Crippen LogP contribution in [0.15, 0.2) is 41.8 Å². The lowest BCUT2D eigenvalue weighted by molar-refractivity contribution is -0.117. The van der Waals surface area contributed by atoms with Crippen LogP contribution in [0.4, 0.5) is 5.69 Å². The van der Waals surface area contributed by atoms with Crippen molar-refractivity contribution >= 4 is 22.9 Å². The standard InChI is InChI=1S/C15H18N2OS/c1-2-6-12(16)15(18)17-13-8-4-3-7-11(13)14-9-5-10-19-14/h3-5,7-10,12H,2,6,16H2,1H3,(H,17,18). The number of nitrogens with one attached hydrogen (secondary N) is 1. The van der Waals surface area contributed by atoms with Crippen molar-refractivity contribution in [3.05, 3.63) is 41.8 Å². The van der Waals surface area contributed by atoms with E-state index in [-0.39, 0.29) is 5.91 Å². The van der Waals surface area contributed by atoms with Crippen LogP contribution in [0.1, 0.15) is 19.8 Å². The zero-order valence-electron chi connectivity index (χ0n) is 10.9. The monoisotopic (exact) mass is 274 g/mol. The first kappa shape index (κ1) is 13.8. The Kier molecular flexibility index (Phi) is 4.71. The lowest BCUT2D eigenvalue weighted by atomic mass is 10.1. The molecule has 0 spiro atoms. The third-order valence-corrected chi connectivity index (χ3v) is 3.81. The van der Waals surface area contributed by atoms with E-state index >= 15 is 0 Å². The van der Waals surface area contributed by atoms with Crippen molar-refractivity contribution in [3.8, 4) is 10.4 Å². The molecule has 4 heteroatoms. The highest BCUT2D eigenvalue weighted by molar-refractivity contribution is 7.13. The van der Waals surface area contributed by atoms with Gasteiger partial charge in [0.2, 0.25) is 5.91 Å². The Hall–Kier alpha value is -1.65. The lowest BCUT2D eigenvalue weighted by Gasteiger charge is -2.13. The summed E-state index contributed by atoms with van der Waals surface area (Å²) in [5.74, 6) is -0.120. The van der Waals surface area contributed by atoms with Gasteiger partial charge in [0.1, 0.15) is 0 Å². The third kappa shape index (κ3) is 3.43. The van der Waals surface area contributed by atoms with E-state index in [1.54, 1.807) is 11.3 Å². The van der Waals surface area contributed by atoms with Crippen molar-refractivity contribution in [1.82, 2.24) is 0 Å². The number of anilines is 1. The number of hydrogen-bond acceptors (Lipinski definition) is 3. The molecule has 0 saturated heterocycles. The first-order chi connectivity index (χ1) is 9.22. The van der Waals surface area contributed by atoms with Gasteiger partial charge in [-0.25, -0.2) is 0 Å². The lowest BCUT2D eigenvalue weighted by Crippen LogP contribution is -2.35. The van der Waals surface area contributed by atoms with Crippen molar-refractivity contribution < 1.29 is 4.79 Å². The minimum absolute atomic E-state index is 0.120. The predicted octanol–water partition coefficient (Wildman–Crippen LogP) is 3.48. The van der Waals surface area contributed by atoms with Crippen molar-refractivity contribution in [2.45, 2.75) is 25.8 Å². The summed E-state index contributed by atoms with van der Waals surface area (Å²) in [5.41, 5.74) is 7.69. The van der Waals surface area contributed by atoms with E-state index in [0.717, 1.165) is 22.5 Å². The number of para-hydroxylation sites is 1. The first-order valence-electron chi connectivity index (χ1n) is 6.41. The molecule has 0 radical (unpaired) electrons. The quantitative estimate of drug-likeness (QED) is 0.877. The molecule has 1 heterocycles. The van der Waals surface area contributed by atoms with Crippen molar-refractivity contribution in [2.75, 3.05) is 5.32 Å². The van der Waals surface area contributed by atoms with Crippen LogP contribution in [0, 0.1) is 0 Å². The van der Waals surface area contributed by atoms with Gasteiger partial charge in [0.05, 0.1) is 6.04 Å². The van der Waals surface area contributed by atoms with Gasteiger partial charge in [-0.3, -0.25) is 4.79 Å². The van der Waals surface area contributed by atoms with Crippen LogP contribution < -0.4 is 11.1 Å². The van der Waals surface area contributed by atoms with E-state index in [2.05, 4.69) is 5.32 Å². The van der Waals surface area contributed by atoms with E-state index < -0.39 is 6.04 Å². The van der Waals surface area contributed by atoms with Crippen molar-refractivity contribution in [3.63, 3.8) is 0 Å². The van der Waals surface area contributed by atoms with Gasteiger partial charge in [0.25, 0.3) is 0 Å². The molecule has 19 heavy (non-hydrogen) atoms. The van der Waals surface area contributed by atoms with Crippen LogP contribution >= 0.6 is 11.3 Å². The molecule has 0 fully saturated rings. The number of carbonyl (C=O) groups excluding carboxylic acids is 1. The predicted molar refractivity (Wildman–Crippen MR) is 81.3 cm³/mol. The van der Waals surface area contributed by atoms with E-state index in [0.29, 0.717) is 6.42 Å². The summed E-state index contributed by atoms with van der Waals surface area (Å²) in [6.45, 7) is 2.02. The molecule has 100 valence electrons. The van der Waals surface area contributed by atoms with E-state index in [1.807, 2.05) is 48.7 Å². The van der Waals surface area contributed by atoms with Gasteiger partial charge in [-0.05, 0) is 23.9 Å². The molecule has 3 N–H and O–H groups in total. The molecule has 3 nitrogen and oxygen atoms in total. The van der Waals surface area contributed by atoms with Gasteiger partial charge in [-0.2, -0.15) is 0 Å². The molecule has 2 aromatic rings. The van der Waals surface area contributed by atoms with Gasteiger partial charge >= 0.3 is 0 Å². The highest BCUT2D eigenvalue weighted by atomic mass is 32.1. The molecule has 2 rings (SSSR count). The van der Waals surface area contributed by atoms with Crippen LogP contribution in [0.2, 0.25) is 0 Å². The van der Waals surface area contributed by atoms with E-state index in [9.17, 15) is 4.79 Å². The Morgan fingerprint density at radius 3 is 2.79 bits per heavy atom. The zero-order chi connectivity index (χ0) is 13.7. The Bertz CT molecular complexity index is 537. The normalized spacial score (nSPS) is 12.1. The van der Waals surface area contributed by atoms with Crippen molar-refractivity contribution in [2.24, 2.45) is 5.73 Å². The second kappa shape index (κ2) is 6.50. The summed E-state index contributed by atoms with van der Waals surface area (Å²) in [6.07, 6.45) is 1.61. The molecule has 0 bridgehead atoms. The highest BCUT2D eigenvalue weighted by Gasteiger charge is 2.14. The van der Waals surface area contributed by atoms with Gasteiger partial charge < -0.3 is 11.1 Å². The molecule has 0 aliphatic rings. The fourth-order valence-corrected chi connectivity index (χ4v) is 2.67. The van der Waals surface area contributed by atoms with Crippen LogP contribution in [0.25, 0.3) is 10.4 Å². The number of amides is 1.